The fourth-order valence-electron chi connectivity index (χ4n) is 1.86. The molecule has 2 aromatic rings. The van der Waals surface area contributed by atoms with Crippen LogP contribution in [0.3, 0.4) is 0 Å². The number of anilines is 1. The normalized spacial score (nSPS) is 10.1. The second-order valence-corrected chi connectivity index (χ2v) is 4.33. The van der Waals surface area contributed by atoms with Crippen LogP contribution in [0.2, 0.25) is 0 Å². The second-order valence-electron chi connectivity index (χ2n) is 4.33. The van der Waals surface area contributed by atoms with Gasteiger partial charge >= 0.3 is 5.82 Å². The van der Waals surface area contributed by atoms with Gasteiger partial charge in [0.1, 0.15) is 0 Å². The number of nitro benzene ring substituents is 1. The first-order valence-corrected chi connectivity index (χ1v) is 6.06. The molecule has 0 bridgehead atoms. The van der Waals surface area contributed by atoms with Crippen molar-refractivity contribution in [2.75, 3.05) is 5.32 Å². The van der Waals surface area contributed by atoms with Crippen LogP contribution < -0.4 is 5.32 Å². The number of aromatic nitrogens is 1. The average molecular weight is 288 g/mol. The van der Waals surface area contributed by atoms with Crippen molar-refractivity contribution >= 4 is 17.2 Å². The quantitative estimate of drug-likeness (QED) is 0.668. The van der Waals surface area contributed by atoms with Gasteiger partial charge in [0, 0.05) is 24.2 Å². The van der Waals surface area contributed by atoms with E-state index in [0.29, 0.717) is 17.8 Å². The van der Waals surface area contributed by atoms with Crippen LogP contribution in [-0.4, -0.2) is 14.8 Å². The Labute approximate surface area is 119 Å². The lowest BCUT2D eigenvalue weighted by molar-refractivity contribution is -0.389. The van der Waals surface area contributed by atoms with Crippen LogP contribution >= 0.6 is 0 Å². The Balaban J connectivity index is 2.11. The molecule has 108 valence electrons. The Morgan fingerprint density at radius 1 is 1.14 bits per heavy atom. The minimum Gasteiger partial charge on any atom is -0.378 e. The van der Waals surface area contributed by atoms with Crippen molar-refractivity contribution in [1.29, 1.82) is 0 Å². The zero-order valence-electron chi connectivity index (χ0n) is 11.1. The number of pyridine rings is 1. The highest BCUT2D eigenvalue weighted by molar-refractivity contribution is 5.48. The van der Waals surface area contributed by atoms with Crippen LogP contribution in [0.25, 0.3) is 0 Å². The molecule has 1 N–H and O–H groups in total. The molecule has 0 amide bonds. The van der Waals surface area contributed by atoms with Gasteiger partial charge in [-0.3, -0.25) is 10.1 Å². The monoisotopic (exact) mass is 288 g/mol. The van der Waals surface area contributed by atoms with E-state index in [4.69, 9.17) is 0 Å². The topological polar surface area (TPSA) is 111 Å². The SMILES string of the molecule is Cc1c(CNc2ccc([N+](=O)[O-])nc2)cccc1[N+](=O)[O-]. The summed E-state index contributed by atoms with van der Waals surface area (Å²) < 4.78 is 0. The molecule has 0 aliphatic carbocycles. The van der Waals surface area contributed by atoms with Crippen LogP contribution in [-0.2, 0) is 6.54 Å². The van der Waals surface area contributed by atoms with Crippen molar-refractivity contribution in [2.24, 2.45) is 0 Å². The van der Waals surface area contributed by atoms with E-state index < -0.39 is 9.85 Å². The first-order valence-electron chi connectivity index (χ1n) is 6.06. The number of rotatable bonds is 5. The van der Waals surface area contributed by atoms with Crippen LogP contribution in [0.5, 0.6) is 0 Å². The summed E-state index contributed by atoms with van der Waals surface area (Å²) >= 11 is 0. The molecule has 1 aromatic carbocycles. The Morgan fingerprint density at radius 3 is 2.48 bits per heavy atom. The third-order valence-electron chi connectivity index (χ3n) is 3.03. The van der Waals surface area contributed by atoms with Crippen LogP contribution in [0.15, 0.2) is 36.5 Å². The van der Waals surface area contributed by atoms with Gasteiger partial charge in [0.05, 0.1) is 10.6 Å². The van der Waals surface area contributed by atoms with Crippen LogP contribution in [0.1, 0.15) is 11.1 Å². The van der Waals surface area contributed by atoms with Crippen molar-refractivity contribution in [3.05, 3.63) is 67.9 Å². The molecule has 0 radical (unpaired) electrons. The largest absolute Gasteiger partial charge is 0.378 e. The third kappa shape index (κ3) is 3.30. The highest BCUT2D eigenvalue weighted by atomic mass is 16.6. The number of benzene rings is 1. The molecule has 0 aliphatic heterocycles. The Morgan fingerprint density at radius 2 is 1.90 bits per heavy atom. The number of nitrogens with one attached hydrogen (secondary N) is 1. The predicted molar refractivity (Wildman–Crippen MR) is 76.1 cm³/mol. The lowest BCUT2D eigenvalue weighted by Crippen LogP contribution is -2.04. The summed E-state index contributed by atoms with van der Waals surface area (Å²) in [6.07, 6.45) is 1.35. The maximum absolute atomic E-state index is 10.9. The lowest BCUT2D eigenvalue weighted by atomic mass is 10.1. The summed E-state index contributed by atoms with van der Waals surface area (Å²) in [4.78, 5) is 24.0. The van der Waals surface area contributed by atoms with E-state index in [1.165, 1.54) is 24.4 Å². The molecule has 1 aromatic heterocycles. The standard InChI is InChI=1S/C13H12N4O4/c1-9-10(3-2-4-12(9)16(18)19)7-14-11-5-6-13(15-8-11)17(20)21/h2-6,8,14H,7H2,1H3. The van der Waals surface area contributed by atoms with E-state index >= 15 is 0 Å². The first kappa shape index (κ1) is 14.4. The van der Waals surface area contributed by atoms with Crippen molar-refractivity contribution in [3.8, 4) is 0 Å². The zero-order valence-corrected chi connectivity index (χ0v) is 11.1. The highest BCUT2D eigenvalue weighted by Crippen LogP contribution is 2.22. The van der Waals surface area contributed by atoms with Gasteiger partial charge in [0.15, 0.2) is 6.20 Å². The number of nitro groups is 2. The summed E-state index contributed by atoms with van der Waals surface area (Å²) in [5.41, 5.74) is 2.04. The fourth-order valence-corrected chi connectivity index (χ4v) is 1.86. The van der Waals surface area contributed by atoms with E-state index in [-0.39, 0.29) is 11.5 Å². The van der Waals surface area contributed by atoms with Gasteiger partial charge in [0.2, 0.25) is 0 Å². The smallest absolute Gasteiger partial charge is 0.363 e. The van der Waals surface area contributed by atoms with Gasteiger partial charge in [0.25, 0.3) is 5.69 Å². The highest BCUT2D eigenvalue weighted by Gasteiger charge is 2.13. The van der Waals surface area contributed by atoms with Crippen molar-refractivity contribution in [2.45, 2.75) is 13.5 Å². The fraction of sp³-hybridized carbons (Fsp3) is 0.154. The van der Waals surface area contributed by atoms with Gasteiger partial charge in [-0.1, -0.05) is 12.1 Å². The summed E-state index contributed by atoms with van der Waals surface area (Å²) in [6, 6.07) is 7.69. The van der Waals surface area contributed by atoms with Crippen LogP contribution in [0, 0.1) is 27.2 Å². The molecule has 8 nitrogen and oxygen atoms in total. The summed E-state index contributed by atoms with van der Waals surface area (Å²) in [5, 5.41) is 24.4. The molecule has 8 heteroatoms. The number of nitrogens with zero attached hydrogens (tertiary/aromatic N) is 3. The molecule has 2 rings (SSSR count). The van der Waals surface area contributed by atoms with E-state index in [1.54, 1.807) is 19.1 Å². The molecule has 21 heavy (non-hydrogen) atoms. The van der Waals surface area contributed by atoms with Crippen molar-refractivity contribution in [3.63, 3.8) is 0 Å². The lowest BCUT2D eigenvalue weighted by Gasteiger charge is -2.08. The Kier molecular flexibility index (Phi) is 4.07. The van der Waals surface area contributed by atoms with E-state index in [9.17, 15) is 20.2 Å². The van der Waals surface area contributed by atoms with E-state index in [1.807, 2.05) is 0 Å². The molecule has 0 unspecified atom stereocenters. The molecule has 0 saturated carbocycles. The summed E-state index contributed by atoms with van der Waals surface area (Å²) in [5.74, 6) is -0.230. The molecule has 1 heterocycles. The van der Waals surface area contributed by atoms with Gasteiger partial charge in [-0.05, 0) is 28.5 Å². The molecule has 0 atom stereocenters. The maximum Gasteiger partial charge on any atom is 0.363 e. The first-order chi connectivity index (χ1) is 9.99. The summed E-state index contributed by atoms with van der Waals surface area (Å²) in [7, 11) is 0. The Hall–Kier alpha value is -3.03. The minimum absolute atomic E-state index is 0.0659. The molecule has 0 saturated heterocycles. The third-order valence-corrected chi connectivity index (χ3v) is 3.03. The molecule has 0 spiro atoms. The van der Waals surface area contributed by atoms with Crippen LogP contribution in [0.4, 0.5) is 17.2 Å². The predicted octanol–water partition coefficient (Wildman–Crippen LogP) is 2.82. The van der Waals surface area contributed by atoms with Gasteiger partial charge in [-0.2, -0.15) is 0 Å². The van der Waals surface area contributed by atoms with Crippen molar-refractivity contribution in [1.82, 2.24) is 4.98 Å². The zero-order chi connectivity index (χ0) is 15.4. The molecule has 0 aliphatic rings. The number of hydrogen-bond acceptors (Lipinski definition) is 6. The van der Waals surface area contributed by atoms with Gasteiger partial charge in [-0.15, -0.1) is 0 Å². The maximum atomic E-state index is 10.9. The minimum atomic E-state index is -0.575. The van der Waals surface area contributed by atoms with Gasteiger partial charge in [-0.25, -0.2) is 0 Å². The molecular weight excluding hydrogens is 276 g/mol. The Bertz CT molecular complexity index is 685. The van der Waals surface area contributed by atoms with Gasteiger partial charge < -0.3 is 15.4 Å². The average Bonchev–Trinajstić information content (AvgIpc) is 2.46. The molecular formula is C13H12N4O4. The van der Waals surface area contributed by atoms with E-state index in [2.05, 4.69) is 10.3 Å². The van der Waals surface area contributed by atoms with Crippen molar-refractivity contribution < 1.29 is 9.85 Å². The molecule has 0 fully saturated rings. The number of hydrogen-bond donors (Lipinski definition) is 1. The second kappa shape index (κ2) is 5.95. The van der Waals surface area contributed by atoms with E-state index in [0.717, 1.165) is 5.56 Å². The summed E-state index contributed by atoms with van der Waals surface area (Å²) in [6.45, 7) is 2.05.